The van der Waals surface area contributed by atoms with E-state index in [9.17, 15) is 10.1 Å². The van der Waals surface area contributed by atoms with E-state index >= 15 is 0 Å². The van der Waals surface area contributed by atoms with Gasteiger partial charge in [0.15, 0.2) is 6.33 Å². The Labute approximate surface area is 130 Å². The molecule has 1 aromatic heterocycles. The summed E-state index contributed by atoms with van der Waals surface area (Å²) in [4.78, 5) is 13.1. The van der Waals surface area contributed by atoms with E-state index in [1.165, 1.54) is 10.9 Å². The summed E-state index contributed by atoms with van der Waals surface area (Å²) in [6, 6.07) is 0. The van der Waals surface area contributed by atoms with Crippen molar-refractivity contribution in [1.82, 2.24) is 9.55 Å². The van der Waals surface area contributed by atoms with Gasteiger partial charge >= 0.3 is 51.4 Å². The predicted molar refractivity (Wildman–Crippen MR) is 34.3 cm³/mol. The first-order chi connectivity index (χ1) is 4.63. The Bertz CT molecular complexity index is 276. The van der Waals surface area contributed by atoms with E-state index in [-0.39, 0.29) is 81.2 Å². The summed E-state index contributed by atoms with van der Waals surface area (Å²) in [6.07, 6.45) is 1.36. The van der Waals surface area contributed by atoms with Crippen LogP contribution in [0.25, 0.3) is 0 Å². The van der Waals surface area contributed by atoms with Crippen LogP contribution < -0.4 is 75.4 Å². The number of aromatic nitrogens is 2. The van der Waals surface area contributed by atoms with Gasteiger partial charge in [-0.15, -0.1) is 9.91 Å². The van der Waals surface area contributed by atoms with Crippen molar-refractivity contribution in [3.8, 4) is 0 Å². The van der Waals surface area contributed by atoms with Gasteiger partial charge in [-0.3, -0.25) is 0 Å². The van der Waals surface area contributed by atoms with E-state index in [4.69, 9.17) is 0 Å². The SMILES string of the molecule is [CH2-]c1c([N+](=O)[O-])ncn1C.[I-].[K+]. The number of hydrogen-bond acceptors (Lipinski definition) is 3. The number of nitro groups is 1. The number of rotatable bonds is 1. The van der Waals surface area contributed by atoms with Crippen molar-refractivity contribution in [3.05, 3.63) is 29.1 Å². The van der Waals surface area contributed by atoms with Crippen LogP contribution >= 0.6 is 0 Å². The molecule has 0 amide bonds. The maximum Gasteiger partial charge on any atom is 1.00 e. The van der Waals surface area contributed by atoms with Gasteiger partial charge in [-0.05, 0) is 5.69 Å². The number of nitrogens with zero attached hydrogens (tertiary/aromatic N) is 3. The van der Waals surface area contributed by atoms with Crippen LogP contribution in [0.1, 0.15) is 5.69 Å². The molecule has 0 N–H and O–H groups in total. The molecule has 0 atom stereocenters. The average Bonchev–Trinajstić information content (AvgIpc) is 2.14. The third-order valence-electron chi connectivity index (χ3n) is 1.21. The number of aryl methyl sites for hydroxylation is 1. The molecule has 1 rings (SSSR count). The van der Waals surface area contributed by atoms with Crippen LogP contribution in [0.4, 0.5) is 5.82 Å². The van der Waals surface area contributed by atoms with Crippen molar-refractivity contribution in [2.75, 3.05) is 0 Å². The minimum Gasteiger partial charge on any atom is -1.00 e. The van der Waals surface area contributed by atoms with Gasteiger partial charge in [0.25, 0.3) is 0 Å². The molecule has 0 saturated heterocycles. The van der Waals surface area contributed by atoms with Gasteiger partial charge in [0.2, 0.25) is 5.82 Å². The summed E-state index contributed by atoms with van der Waals surface area (Å²) < 4.78 is 1.50. The normalized spacial score (nSPS) is 8.08. The second-order valence-corrected chi connectivity index (χ2v) is 1.88. The molecule has 0 bridgehead atoms. The van der Waals surface area contributed by atoms with Crippen molar-refractivity contribution >= 4 is 5.82 Å². The van der Waals surface area contributed by atoms with Crippen LogP contribution in [0.2, 0.25) is 0 Å². The number of hydrogen-bond donors (Lipinski definition) is 0. The summed E-state index contributed by atoms with van der Waals surface area (Å²) in [7, 11) is 1.66. The summed E-state index contributed by atoms with van der Waals surface area (Å²) in [6.45, 7) is 3.46. The van der Waals surface area contributed by atoms with Crippen LogP contribution in [0.3, 0.4) is 0 Å². The fraction of sp³-hybridized carbons (Fsp3) is 0.200. The zero-order valence-corrected chi connectivity index (χ0v) is 12.1. The number of imidazole rings is 1. The van der Waals surface area contributed by atoms with Crippen LogP contribution in [0.5, 0.6) is 0 Å². The molecule has 12 heavy (non-hydrogen) atoms. The molecule has 0 fully saturated rings. The van der Waals surface area contributed by atoms with Gasteiger partial charge in [0, 0.05) is 7.05 Å². The fourth-order valence-electron chi connectivity index (χ4n) is 0.596. The Morgan fingerprint density at radius 1 is 1.75 bits per heavy atom. The monoisotopic (exact) mass is 306 g/mol. The largest absolute Gasteiger partial charge is 1.00 e. The molecule has 0 spiro atoms. The molecule has 1 aromatic rings. The van der Waals surface area contributed by atoms with Crippen molar-refractivity contribution in [3.63, 3.8) is 0 Å². The van der Waals surface area contributed by atoms with E-state index in [1.54, 1.807) is 7.05 Å². The molecule has 5 nitrogen and oxygen atoms in total. The number of halogens is 1. The topological polar surface area (TPSA) is 61.0 Å². The van der Waals surface area contributed by atoms with Gasteiger partial charge in [-0.1, -0.05) is 0 Å². The minimum atomic E-state index is -0.553. The smallest absolute Gasteiger partial charge is 1.00 e. The van der Waals surface area contributed by atoms with Crippen LogP contribution in [0.15, 0.2) is 6.33 Å². The second-order valence-electron chi connectivity index (χ2n) is 1.88. The predicted octanol–water partition coefficient (Wildman–Crippen LogP) is -5.48. The summed E-state index contributed by atoms with van der Waals surface area (Å²) in [5.74, 6) is -0.178. The van der Waals surface area contributed by atoms with Gasteiger partial charge in [0.05, 0.1) is 0 Å². The average molecular weight is 306 g/mol. The van der Waals surface area contributed by atoms with Crippen LogP contribution in [0, 0.1) is 17.0 Å². The van der Waals surface area contributed by atoms with Gasteiger partial charge < -0.3 is 38.7 Å². The summed E-state index contributed by atoms with van der Waals surface area (Å²) >= 11 is 0. The Morgan fingerprint density at radius 2 is 2.25 bits per heavy atom. The Balaban J connectivity index is 0. The van der Waals surface area contributed by atoms with E-state index in [1.807, 2.05) is 0 Å². The molecule has 0 saturated carbocycles. The molecule has 0 radical (unpaired) electrons. The Hall–Kier alpha value is 0.846. The third kappa shape index (κ3) is 3.30. The summed E-state index contributed by atoms with van der Waals surface area (Å²) in [5.41, 5.74) is 0.324. The standard InChI is InChI=1S/C5H6N3O2.HI.K/c1-4-5(8(9)10)6-3-7(4)2;;/h3H,1H2,2H3;1H;/q-1;;+1/p-1. The first-order valence-electron chi connectivity index (χ1n) is 2.60. The van der Waals surface area contributed by atoms with E-state index in [2.05, 4.69) is 11.9 Å². The third-order valence-corrected chi connectivity index (χ3v) is 1.21. The molecule has 0 aliphatic rings. The molecular formula is C5H6IKN3O2-. The molecule has 62 valence electrons. The maximum absolute atomic E-state index is 10.1. The van der Waals surface area contributed by atoms with Crippen LogP contribution in [-0.2, 0) is 7.05 Å². The maximum atomic E-state index is 10.1. The first kappa shape index (κ1) is 15.3. The van der Waals surface area contributed by atoms with Gasteiger partial charge in [0.1, 0.15) is 0 Å². The molecule has 0 unspecified atom stereocenters. The van der Waals surface area contributed by atoms with Crippen molar-refractivity contribution in [2.24, 2.45) is 7.05 Å². The molecule has 0 aliphatic heterocycles. The zero-order valence-electron chi connectivity index (χ0n) is 6.82. The van der Waals surface area contributed by atoms with Crippen LogP contribution in [-0.4, -0.2) is 14.5 Å². The fourth-order valence-corrected chi connectivity index (χ4v) is 0.596. The molecular weight excluding hydrogens is 300 g/mol. The molecule has 0 aliphatic carbocycles. The van der Waals surface area contributed by atoms with Crippen molar-refractivity contribution in [1.29, 1.82) is 0 Å². The quantitative estimate of drug-likeness (QED) is 0.171. The van der Waals surface area contributed by atoms with E-state index in [0.717, 1.165) is 0 Å². The van der Waals surface area contributed by atoms with E-state index in [0.29, 0.717) is 5.69 Å². The van der Waals surface area contributed by atoms with Gasteiger partial charge in [-0.25, -0.2) is 6.92 Å². The minimum absolute atomic E-state index is 0. The van der Waals surface area contributed by atoms with Crippen molar-refractivity contribution < 1.29 is 80.3 Å². The van der Waals surface area contributed by atoms with Crippen molar-refractivity contribution in [2.45, 2.75) is 0 Å². The Morgan fingerprint density at radius 3 is 2.42 bits per heavy atom. The summed E-state index contributed by atoms with van der Waals surface area (Å²) in [5, 5.41) is 10.1. The molecule has 7 heteroatoms. The van der Waals surface area contributed by atoms with Gasteiger partial charge in [-0.2, -0.15) is 0 Å². The molecule has 1 heterocycles. The molecule has 0 aromatic carbocycles. The second kappa shape index (κ2) is 6.32. The Kier molecular flexibility index (Phi) is 8.07. The zero-order chi connectivity index (χ0) is 7.72. The van der Waals surface area contributed by atoms with E-state index < -0.39 is 4.92 Å². The first-order valence-corrected chi connectivity index (χ1v) is 2.60.